The Kier molecular flexibility index (Phi) is 5.27. The summed E-state index contributed by atoms with van der Waals surface area (Å²) in [5.74, 6) is -0.288. The van der Waals surface area contributed by atoms with Gasteiger partial charge >= 0.3 is 5.97 Å². The highest BCUT2D eigenvalue weighted by Crippen LogP contribution is 2.32. The maximum atomic E-state index is 13.3. The molecule has 0 amide bonds. The number of carbonyl (C=O) groups is 1. The minimum Gasteiger partial charge on any atom is -0.481 e. The summed E-state index contributed by atoms with van der Waals surface area (Å²) in [6.45, 7) is 2.31. The van der Waals surface area contributed by atoms with Crippen molar-refractivity contribution in [3.8, 4) is 21.8 Å². The molecule has 6 heteroatoms. The van der Waals surface area contributed by atoms with Crippen LogP contribution in [0.5, 0.6) is 0 Å². The Morgan fingerprint density at radius 3 is 2.55 bits per heavy atom. The summed E-state index contributed by atoms with van der Waals surface area (Å²) < 4.78 is 1.61. The molecule has 0 saturated carbocycles. The summed E-state index contributed by atoms with van der Waals surface area (Å²) in [5, 5.41) is 9.55. The minimum atomic E-state index is -0.869. The van der Waals surface area contributed by atoms with E-state index < -0.39 is 5.97 Å². The molecular weight excluding hydrogens is 384 g/mol. The molecule has 0 saturated heterocycles. The molecule has 5 nitrogen and oxygen atoms in total. The number of aliphatic carboxylic acids is 1. The third-order valence-corrected chi connectivity index (χ3v) is 5.84. The number of aryl methyl sites for hydroxylation is 1. The predicted octanol–water partition coefficient (Wildman–Crippen LogP) is 4.97. The molecule has 0 spiro atoms. The van der Waals surface area contributed by atoms with Gasteiger partial charge in [0, 0.05) is 23.4 Å². The lowest BCUT2D eigenvalue weighted by atomic mass is 10.1. The molecule has 0 unspecified atom stereocenters. The highest BCUT2D eigenvalue weighted by Gasteiger charge is 2.16. The first kappa shape index (κ1) is 19.1. The Morgan fingerprint density at radius 1 is 1.07 bits per heavy atom. The van der Waals surface area contributed by atoms with Crippen LogP contribution in [-0.4, -0.2) is 20.6 Å². The van der Waals surface area contributed by atoms with Gasteiger partial charge in [-0.15, -0.1) is 11.3 Å². The van der Waals surface area contributed by atoms with E-state index in [0.29, 0.717) is 29.0 Å². The second-order valence-electron chi connectivity index (χ2n) is 6.95. The number of nitrogens with zero attached hydrogens (tertiary/aromatic N) is 2. The Balaban J connectivity index is 1.88. The maximum absolute atomic E-state index is 13.3. The first-order valence-electron chi connectivity index (χ1n) is 9.41. The molecule has 146 valence electrons. The molecule has 4 aromatic rings. The van der Waals surface area contributed by atoms with Crippen molar-refractivity contribution in [3.05, 3.63) is 76.6 Å². The zero-order valence-electron chi connectivity index (χ0n) is 16.0. The number of aromatic nitrogens is 2. The number of benzene rings is 2. The SMILES string of the molecule is Cc1cccc(-c2nc3sc(-c4ccccc4)cc3c(=O)n2CCCC(=O)O)c1. The Morgan fingerprint density at radius 2 is 1.83 bits per heavy atom. The molecule has 0 bridgehead atoms. The molecule has 1 N–H and O–H groups in total. The largest absolute Gasteiger partial charge is 0.481 e. The van der Waals surface area contributed by atoms with E-state index in [9.17, 15) is 9.59 Å². The average molecular weight is 404 g/mol. The van der Waals surface area contributed by atoms with Gasteiger partial charge in [-0.1, -0.05) is 54.1 Å². The van der Waals surface area contributed by atoms with Crippen molar-refractivity contribution in [2.75, 3.05) is 0 Å². The molecule has 0 atom stereocenters. The van der Waals surface area contributed by atoms with Gasteiger partial charge in [-0.3, -0.25) is 14.2 Å². The normalized spacial score (nSPS) is 11.1. The fourth-order valence-corrected chi connectivity index (χ4v) is 4.39. The number of hydrogen-bond donors (Lipinski definition) is 1. The van der Waals surface area contributed by atoms with Crippen molar-refractivity contribution < 1.29 is 9.90 Å². The zero-order valence-corrected chi connectivity index (χ0v) is 16.8. The van der Waals surface area contributed by atoms with E-state index >= 15 is 0 Å². The maximum Gasteiger partial charge on any atom is 0.303 e. The third kappa shape index (κ3) is 3.98. The first-order valence-corrected chi connectivity index (χ1v) is 10.2. The van der Waals surface area contributed by atoms with E-state index in [2.05, 4.69) is 0 Å². The first-order chi connectivity index (χ1) is 14.0. The third-order valence-electron chi connectivity index (χ3n) is 4.76. The van der Waals surface area contributed by atoms with Crippen molar-refractivity contribution in [2.24, 2.45) is 0 Å². The zero-order chi connectivity index (χ0) is 20.4. The van der Waals surface area contributed by atoms with Crippen LogP contribution >= 0.6 is 11.3 Å². The van der Waals surface area contributed by atoms with Gasteiger partial charge in [0.1, 0.15) is 10.7 Å². The fourth-order valence-electron chi connectivity index (χ4n) is 3.36. The van der Waals surface area contributed by atoms with Gasteiger partial charge < -0.3 is 5.11 Å². The van der Waals surface area contributed by atoms with Crippen molar-refractivity contribution >= 4 is 27.5 Å². The molecule has 0 aliphatic rings. The topological polar surface area (TPSA) is 72.2 Å². The lowest BCUT2D eigenvalue weighted by Gasteiger charge is -2.12. The molecule has 29 heavy (non-hydrogen) atoms. The molecule has 0 radical (unpaired) electrons. The van der Waals surface area contributed by atoms with Crippen LogP contribution in [0.25, 0.3) is 32.0 Å². The summed E-state index contributed by atoms with van der Waals surface area (Å²) in [6, 6.07) is 19.7. The van der Waals surface area contributed by atoms with Gasteiger partial charge in [0.25, 0.3) is 5.56 Å². The summed E-state index contributed by atoms with van der Waals surface area (Å²) in [7, 11) is 0. The molecule has 0 aliphatic heterocycles. The number of thiophene rings is 1. The average Bonchev–Trinajstić information content (AvgIpc) is 3.14. The van der Waals surface area contributed by atoms with Crippen LogP contribution in [0.2, 0.25) is 0 Å². The van der Waals surface area contributed by atoms with E-state index in [-0.39, 0.29) is 12.0 Å². The summed E-state index contributed by atoms with van der Waals surface area (Å²) in [4.78, 5) is 30.8. The second-order valence-corrected chi connectivity index (χ2v) is 7.99. The summed E-state index contributed by atoms with van der Waals surface area (Å²) in [5.41, 5.74) is 2.85. The Labute approximate surface area is 171 Å². The van der Waals surface area contributed by atoms with Gasteiger partial charge in [0.15, 0.2) is 0 Å². The van der Waals surface area contributed by atoms with Gasteiger partial charge in [0.05, 0.1) is 5.39 Å². The van der Waals surface area contributed by atoms with Gasteiger partial charge in [-0.05, 0) is 31.0 Å². The van der Waals surface area contributed by atoms with E-state index in [1.54, 1.807) is 4.57 Å². The van der Waals surface area contributed by atoms with Gasteiger partial charge in [-0.25, -0.2) is 4.98 Å². The smallest absolute Gasteiger partial charge is 0.303 e. The molecule has 0 aliphatic carbocycles. The van der Waals surface area contributed by atoms with Gasteiger partial charge in [-0.2, -0.15) is 0 Å². The highest BCUT2D eigenvalue weighted by molar-refractivity contribution is 7.21. The Hall–Kier alpha value is -3.25. The number of hydrogen-bond acceptors (Lipinski definition) is 4. The summed E-state index contributed by atoms with van der Waals surface area (Å²) >= 11 is 1.50. The van der Waals surface area contributed by atoms with Crippen LogP contribution in [0.4, 0.5) is 0 Å². The molecule has 2 heterocycles. The van der Waals surface area contributed by atoms with E-state index in [4.69, 9.17) is 10.1 Å². The van der Waals surface area contributed by atoms with E-state index in [0.717, 1.165) is 21.6 Å². The number of rotatable bonds is 6. The van der Waals surface area contributed by atoms with Crippen molar-refractivity contribution in [1.29, 1.82) is 0 Å². The van der Waals surface area contributed by atoms with Crippen molar-refractivity contribution in [1.82, 2.24) is 9.55 Å². The van der Waals surface area contributed by atoms with E-state index in [1.807, 2.05) is 67.6 Å². The second kappa shape index (κ2) is 8.01. The highest BCUT2D eigenvalue weighted by atomic mass is 32.1. The lowest BCUT2D eigenvalue weighted by molar-refractivity contribution is -0.137. The molecule has 2 aromatic heterocycles. The predicted molar refractivity (Wildman–Crippen MR) is 116 cm³/mol. The Bertz CT molecular complexity index is 1240. The lowest BCUT2D eigenvalue weighted by Crippen LogP contribution is -2.23. The monoisotopic (exact) mass is 404 g/mol. The number of carboxylic acids is 1. The number of fused-ring (bicyclic) bond motifs is 1. The summed E-state index contributed by atoms with van der Waals surface area (Å²) in [6.07, 6.45) is 0.382. The van der Waals surface area contributed by atoms with Crippen LogP contribution < -0.4 is 5.56 Å². The minimum absolute atomic E-state index is 0.0106. The molecule has 4 rings (SSSR count). The van der Waals surface area contributed by atoms with E-state index in [1.165, 1.54) is 11.3 Å². The molecule has 0 fully saturated rings. The van der Waals surface area contributed by atoms with Crippen molar-refractivity contribution in [2.45, 2.75) is 26.3 Å². The molecular formula is C23H20N2O3S. The fraction of sp³-hybridized carbons (Fsp3) is 0.174. The standard InChI is InChI=1S/C23H20N2O3S/c1-15-7-5-10-17(13-15)21-24-22-18(23(28)25(21)12-6-11-20(26)27)14-19(29-22)16-8-3-2-4-9-16/h2-5,7-10,13-14H,6,11-12H2,1H3,(H,26,27). The molecule has 2 aromatic carbocycles. The van der Waals surface area contributed by atoms with Crippen LogP contribution in [0.1, 0.15) is 18.4 Å². The van der Waals surface area contributed by atoms with Crippen LogP contribution in [0.15, 0.2) is 65.5 Å². The van der Waals surface area contributed by atoms with Crippen LogP contribution in [0, 0.1) is 6.92 Å². The van der Waals surface area contributed by atoms with Crippen LogP contribution in [-0.2, 0) is 11.3 Å². The van der Waals surface area contributed by atoms with Crippen LogP contribution in [0.3, 0.4) is 0 Å². The van der Waals surface area contributed by atoms with Crippen molar-refractivity contribution in [3.63, 3.8) is 0 Å². The quantitative estimate of drug-likeness (QED) is 0.493. The number of carboxylic acid groups (broad SMARTS) is 1. The van der Waals surface area contributed by atoms with Gasteiger partial charge in [0.2, 0.25) is 0 Å².